The third-order valence-corrected chi connectivity index (χ3v) is 4.82. The summed E-state index contributed by atoms with van der Waals surface area (Å²) in [5, 5.41) is 38.6. The molecule has 0 aromatic carbocycles. The zero-order valence-corrected chi connectivity index (χ0v) is 17.1. The number of nitrogens with two attached hydrogens (primary N) is 1. The van der Waals surface area contributed by atoms with Gasteiger partial charge in [0.05, 0.1) is 18.8 Å². The van der Waals surface area contributed by atoms with Crippen LogP contribution >= 0.6 is 0 Å². The minimum atomic E-state index is -1.47. The third-order valence-electron chi connectivity index (χ3n) is 4.82. The Labute approximate surface area is 175 Å². The number of nitrogens with one attached hydrogen (secondary N) is 4. The van der Waals surface area contributed by atoms with Crippen molar-refractivity contribution in [1.82, 2.24) is 21.3 Å². The molecule has 30 heavy (non-hydrogen) atoms. The number of aliphatic hydroxyl groups is 2. The molecule has 0 aliphatic carbocycles. The van der Waals surface area contributed by atoms with Gasteiger partial charge in [-0.2, -0.15) is 0 Å². The van der Waals surface area contributed by atoms with Crippen LogP contribution in [0.4, 0.5) is 0 Å². The standard InChI is InChI=1S/C18H33N5O7/c1-10(25)14(17(28)21-12(18(29)30)5-2-3-7-19)23-16(27)13(9-24)22-15(26)11-6-4-8-20-11/h10-14,20,24-25H,2-9,19H2,1H3,(H,21,28)(H,22,26)(H,23,27)(H,29,30). The second kappa shape index (κ2) is 13.1. The van der Waals surface area contributed by atoms with Gasteiger partial charge in [-0.05, 0) is 52.1 Å². The van der Waals surface area contributed by atoms with E-state index in [0.29, 0.717) is 32.4 Å². The maximum Gasteiger partial charge on any atom is 0.326 e. The molecule has 0 aromatic heterocycles. The van der Waals surface area contributed by atoms with Gasteiger partial charge in [-0.25, -0.2) is 4.79 Å². The molecule has 9 N–H and O–H groups in total. The van der Waals surface area contributed by atoms with Gasteiger partial charge in [0.15, 0.2) is 0 Å². The predicted octanol–water partition coefficient (Wildman–Crippen LogP) is -3.22. The van der Waals surface area contributed by atoms with Gasteiger partial charge in [0.2, 0.25) is 17.7 Å². The zero-order chi connectivity index (χ0) is 22.7. The minimum absolute atomic E-state index is 0.141. The average molecular weight is 431 g/mol. The Bertz CT molecular complexity index is 595. The Hall–Kier alpha value is -2.28. The van der Waals surface area contributed by atoms with Gasteiger partial charge in [0.25, 0.3) is 0 Å². The first-order valence-electron chi connectivity index (χ1n) is 10.1. The summed E-state index contributed by atoms with van der Waals surface area (Å²) in [4.78, 5) is 48.4. The van der Waals surface area contributed by atoms with Crippen LogP contribution in [0.15, 0.2) is 0 Å². The highest BCUT2D eigenvalue weighted by atomic mass is 16.4. The molecule has 1 saturated heterocycles. The summed E-state index contributed by atoms with van der Waals surface area (Å²) in [6.07, 6.45) is 1.28. The van der Waals surface area contributed by atoms with Crippen LogP contribution in [0, 0.1) is 0 Å². The van der Waals surface area contributed by atoms with E-state index in [0.717, 1.165) is 6.42 Å². The number of unbranched alkanes of at least 4 members (excludes halogenated alkanes) is 1. The maximum atomic E-state index is 12.5. The fourth-order valence-electron chi connectivity index (χ4n) is 3.05. The highest BCUT2D eigenvalue weighted by Gasteiger charge is 2.33. The lowest BCUT2D eigenvalue weighted by Gasteiger charge is -2.26. The summed E-state index contributed by atoms with van der Waals surface area (Å²) < 4.78 is 0. The van der Waals surface area contributed by atoms with Crippen molar-refractivity contribution in [3.8, 4) is 0 Å². The number of carboxylic acids is 1. The Kier molecular flexibility index (Phi) is 11.3. The predicted molar refractivity (Wildman–Crippen MR) is 106 cm³/mol. The van der Waals surface area contributed by atoms with E-state index >= 15 is 0 Å². The molecular formula is C18H33N5O7. The molecule has 0 saturated carbocycles. The molecule has 12 nitrogen and oxygen atoms in total. The lowest BCUT2D eigenvalue weighted by Crippen LogP contribution is -2.60. The van der Waals surface area contributed by atoms with E-state index in [2.05, 4.69) is 21.3 Å². The Morgan fingerprint density at radius 2 is 1.80 bits per heavy atom. The number of carbonyl (C=O) groups is 4. The molecule has 0 radical (unpaired) electrons. The number of aliphatic carboxylic acids is 1. The van der Waals surface area contributed by atoms with Crippen LogP contribution in [0.3, 0.4) is 0 Å². The quantitative estimate of drug-likeness (QED) is 0.138. The van der Waals surface area contributed by atoms with Crippen molar-refractivity contribution in [1.29, 1.82) is 0 Å². The number of hydrogen-bond acceptors (Lipinski definition) is 8. The van der Waals surface area contributed by atoms with E-state index in [1.165, 1.54) is 6.92 Å². The van der Waals surface area contributed by atoms with Gasteiger partial charge in [-0.15, -0.1) is 0 Å². The first kappa shape index (κ1) is 25.8. The van der Waals surface area contributed by atoms with Crippen LogP contribution in [0.25, 0.3) is 0 Å². The fraction of sp³-hybridized carbons (Fsp3) is 0.778. The number of rotatable bonds is 13. The molecule has 1 rings (SSSR count). The molecule has 1 fully saturated rings. The topological polar surface area (TPSA) is 203 Å². The molecule has 3 amide bonds. The molecule has 0 aromatic rings. The maximum absolute atomic E-state index is 12.5. The molecule has 1 aliphatic rings. The highest BCUT2D eigenvalue weighted by molar-refractivity contribution is 5.94. The number of amides is 3. The van der Waals surface area contributed by atoms with E-state index in [9.17, 15) is 34.5 Å². The molecule has 0 bridgehead atoms. The third kappa shape index (κ3) is 8.22. The van der Waals surface area contributed by atoms with Crippen molar-refractivity contribution < 1.29 is 34.5 Å². The second-order valence-corrected chi connectivity index (χ2v) is 7.30. The minimum Gasteiger partial charge on any atom is -0.480 e. The Morgan fingerprint density at radius 3 is 2.30 bits per heavy atom. The van der Waals surface area contributed by atoms with Gasteiger partial charge in [0.1, 0.15) is 18.1 Å². The first-order valence-corrected chi connectivity index (χ1v) is 10.1. The smallest absolute Gasteiger partial charge is 0.326 e. The lowest BCUT2D eigenvalue weighted by molar-refractivity contribution is -0.143. The molecule has 12 heteroatoms. The highest BCUT2D eigenvalue weighted by Crippen LogP contribution is 2.06. The number of carbonyl (C=O) groups excluding carboxylic acids is 3. The largest absolute Gasteiger partial charge is 0.480 e. The molecular weight excluding hydrogens is 398 g/mol. The molecule has 1 heterocycles. The van der Waals surface area contributed by atoms with Crippen LogP contribution in [-0.4, -0.2) is 89.0 Å². The van der Waals surface area contributed by atoms with Gasteiger partial charge in [-0.1, -0.05) is 0 Å². The lowest BCUT2D eigenvalue weighted by atomic mass is 10.1. The van der Waals surface area contributed by atoms with Gasteiger partial charge in [0, 0.05) is 0 Å². The first-order chi connectivity index (χ1) is 14.2. The van der Waals surface area contributed by atoms with Crippen LogP contribution < -0.4 is 27.0 Å². The van der Waals surface area contributed by atoms with Gasteiger partial charge in [-0.3, -0.25) is 14.4 Å². The van der Waals surface area contributed by atoms with E-state index in [1.807, 2.05) is 0 Å². The van der Waals surface area contributed by atoms with Crippen molar-refractivity contribution in [2.45, 2.75) is 69.3 Å². The fourth-order valence-corrected chi connectivity index (χ4v) is 3.05. The summed E-state index contributed by atoms with van der Waals surface area (Å²) >= 11 is 0. The number of carboxylic acid groups (broad SMARTS) is 1. The van der Waals surface area contributed by atoms with E-state index in [1.54, 1.807) is 0 Å². The van der Waals surface area contributed by atoms with Crippen molar-refractivity contribution in [2.75, 3.05) is 19.7 Å². The second-order valence-electron chi connectivity index (χ2n) is 7.30. The Balaban J connectivity index is 2.72. The molecule has 172 valence electrons. The summed E-state index contributed by atoms with van der Waals surface area (Å²) in [6.45, 7) is 1.60. The van der Waals surface area contributed by atoms with Gasteiger partial charge < -0.3 is 42.3 Å². The van der Waals surface area contributed by atoms with Crippen LogP contribution in [0.2, 0.25) is 0 Å². The van der Waals surface area contributed by atoms with E-state index in [-0.39, 0.29) is 6.42 Å². The normalized spacial score (nSPS) is 19.9. The molecule has 5 atom stereocenters. The molecule has 0 spiro atoms. The van der Waals surface area contributed by atoms with Crippen molar-refractivity contribution >= 4 is 23.7 Å². The summed E-state index contributed by atoms with van der Waals surface area (Å²) in [5.41, 5.74) is 5.38. The molecule has 1 aliphatic heterocycles. The van der Waals surface area contributed by atoms with E-state index in [4.69, 9.17) is 5.73 Å². The average Bonchev–Trinajstić information content (AvgIpc) is 3.23. The van der Waals surface area contributed by atoms with Crippen LogP contribution in [-0.2, 0) is 19.2 Å². The van der Waals surface area contributed by atoms with Gasteiger partial charge >= 0.3 is 5.97 Å². The summed E-state index contributed by atoms with van der Waals surface area (Å²) in [7, 11) is 0. The number of hydrogen-bond donors (Lipinski definition) is 8. The summed E-state index contributed by atoms with van der Waals surface area (Å²) in [6, 6.07) is -4.46. The van der Waals surface area contributed by atoms with Crippen LogP contribution in [0.5, 0.6) is 0 Å². The van der Waals surface area contributed by atoms with E-state index < -0.39 is 60.6 Å². The molecule has 5 unspecified atom stereocenters. The van der Waals surface area contributed by atoms with Crippen molar-refractivity contribution in [3.63, 3.8) is 0 Å². The zero-order valence-electron chi connectivity index (χ0n) is 17.1. The van der Waals surface area contributed by atoms with Crippen molar-refractivity contribution in [2.24, 2.45) is 5.73 Å². The van der Waals surface area contributed by atoms with Crippen molar-refractivity contribution in [3.05, 3.63) is 0 Å². The van der Waals surface area contributed by atoms with Crippen LogP contribution in [0.1, 0.15) is 39.0 Å². The summed E-state index contributed by atoms with van der Waals surface area (Å²) in [5.74, 6) is -3.47. The Morgan fingerprint density at radius 1 is 1.10 bits per heavy atom. The SMILES string of the molecule is CC(O)C(NC(=O)C(CO)NC(=O)C1CCCN1)C(=O)NC(CCCCN)C(=O)O. The number of aliphatic hydroxyl groups excluding tert-OH is 2. The monoisotopic (exact) mass is 431 g/mol.